The Morgan fingerprint density at radius 1 is 0.864 bits per heavy atom. The normalized spacial score (nSPS) is 16.6. The van der Waals surface area contributed by atoms with Crippen LogP contribution >= 0.6 is 0 Å². The van der Waals surface area contributed by atoms with Gasteiger partial charge in [-0.3, -0.25) is 0 Å². The highest BCUT2D eigenvalue weighted by molar-refractivity contribution is 5.02. The lowest BCUT2D eigenvalue weighted by Gasteiger charge is -2.31. The predicted molar refractivity (Wildman–Crippen MR) is 89.0 cm³/mol. The highest BCUT2D eigenvalue weighted by Crippen LogP contribution is 2.26. The van der Waals surface area contributed by atoms with Crippen LogP contribution in [-0.2, 0) is 19.6 Å². The third-order valence-corrected chi connectivity index (χ3v) is 2.90. The highest BCUT2D eigenvalue weighted by Gasteiger charge is 2.29. The summed E-state index contributed by atoms with van der Waals surface area (Å²) in [6.07, 6.45) is 2.06. The molecule has 0 aromatic rings. The van der Waals surface area contributed by atoms with Gasteiger partial charge in [-0.2, -0.15) is 0 Å². The zero-order valence-electron chi connectivity index (χ0n) is 15.8. The summed E-state index contributed by atoms with van der Waals surface area (Å²) in [5.41, 5.74) is -1.05. The summed E-state index contributed by atoms with van der Waals surface area (Å²) in [6, 6.07) is 0. The number of hydrogen-bond donors (Lipinski definition) is 0. The minimum absolute atomic E-state index is 0.270. The maximum absolute atomic E-state index is 5.67. The Morgan fingerprint density at radius 3 is 1.82 bits per heavy atom. The largest absolute Gasteiger partial charge is 0.230 e. The highest BCUT2D eigenvalue weighted by atomic mass is 17.2. The second kappa shape index (κ2) is 8.88. The Hall–Kier alpha value is -0.600. The van der Waals surface area contributed by atoms with Gasteiger partial charge < -0.3 is 0 Å². The molecule has 0 bridgehead atoms. The standard InChI is InChI=1S/C18H34O4/c1-10-12-15(19-20-16(3,4)5)13-14-18(9,11-2)22-21-17(6,7)8/h15H,11,13-14H2,1-9H3. The van der Waals surface area contributed by atoms with E-state index in [1.165, 1.54) is 0 Å². The van der Waals surface area contributed by atoms with Crippen LogP contribution in [0.2, 0.25) is 0 Å². The molecule has 0 aliphatic carbocycles. The van der Waals surface area contributed by atoms with E-state index < -0.39 is 0 Å². The van der Waals surface area contributed by atoms with Gasteiger partial charge in [0.2, 0.25) is 0 Å². The van der Waals surface area contributed by atoms with Gasteiger partial charge >= 0.3 is 0 Å². The van der Waals surface area contributed by atoms with Crippen LogP contribution in [0.15, 0.2) is 0 Å². The number of hydrogen-bond acceptors (Lipinski definition) is 4. The van der Waals surface area contributed by atoms with Gasteiger partial charge in [-0.1, -0.05) is 12.8 Å². The van der Waals surface area contributed by atoms with Gasteiger partial charge in [-0.05, 0) is 74.7 Å². The van der Waals surface area contributed by atoms with Gasteiger partial charge in [0, 0.05) is 0 Å². The molecule has 4 nitrogen and oxygen atoms in total. The van der Waals surface area contributed by atoms with Crippen LogP contribution in [0.5, 0.6) is 0 Å². The van der Waals surface area contributed by atoms with E-state index in [2.05, 4.69) is 18.8 Å². The molecule has 2 atom stereocenters. The lowest BCUT2D eigenvalue weighted by molar-refractivity contribution is -0.404. The van der Waals surface area contributed by atoms with Crippen LogP contribution in [0.25, 0.3) is 0 Å². The van der Waals surface area contributed by atoms with E-state index in [9.17, 15) is 0 Å². The van der Waals surface area contributed by atoms with Crippen molar-refractivity contribution >= 4 is 0 Å². The van der Waals surface area contributed by atoms with Gasteiger partial charge in [0.15, 0.2) is 6.10 Å². The second-order valence-electron chi connectivity index (χ2n) is 7.80. The van der Waals surface area contributed by atoms with Crippen LogP contribution < -0.4 is 0 Å². The molecule has 22 heavy (non-hydrogen) atoms. The van der Waals surface area contributed by atoms with Gasteiger partial charge in [0.1, 0.15) is 5.60 Å². The summed E-state index contributed by atoms with van der Waals surface area (Å²) in [5, 5.41) is 0. The lowest BCUT2D eigenvalue weighted by atomic mass is 9.95. The van der Waals surface area contributed by atoms with Crippen molar-refractivity contribution in [2.45, 2.75) is 104 Å². The molecule has 0 aliphatic rings. The third kappa shape index (κ3) is 11.0. The summed E-state index contributed by atoms with van der Waals surface area (Å²) in [7, 11) is 0. The van der Waals surface area contributed by atoms with Crippen molar-refractivity contribution in [1.29, 1.82) is 0 Å². The van der Waals surface area contributed by atoms with E-state index in [0.717, 1.165) is 19.3 Å². The summed E-state index contributed by atoms with van der Waals surface area (Å²) in [4.78, 5) is 22.0. The van der Waals surface area contributed by atoms with Crippen molar-refractivity contribution < 1.29 is 19.6 Å². The molecule has 0 aliphatic heterocycles. The Kier molecular flexibility index (Phi) is 8.64. The van der Waals surface area contributed by atoms with E-state index in [0.29, 0.717) is 0 Å². The fourth-order valence-corrected chi connectivity index (χ4v) is 1.45. The van der Waals surface area contributed by atoms with E-state index in [-0.39, 0.29) is 22.9 Å². The van der Waals surface area contributed by atoms with Gasteiger partial charge in [-0.25, -0.2) is 19.6 Å². The number of rotatable bonds is 8. The molecule has 0 saturated carbocycles. The third-order valence-electron chi connectivity index (χ3n) is 2.90. The molecule has 0 N–H and O–H groups in total. The van der Waals surface area contributed by atoms with Gasteiger partial charge in [0.25, 0.3) is 0 Å². The Bertz CT molecular complexity index is 367. The van der Waals surface area contributed by atoms with Crippen LogP contribution in [0.3, 0.4) is 0 Å². The molecule has 0 aromatic heterocycles. The average Bonchev–Trinajstić information content (AvgIpc) is 2.38. The SMILES string of the molecule is CC#CC(CCC(C)(CC)OOC(C)(C)C)OOC(C)(C)C. The molecule has 0 heterocycles. The first-order valence-electron chi connectivity index (χ1n) is 8.04. The van der Waals surface area contributed by atoms with Crippen LogP contribution in [0.1, 0.15) is 81.6 Å². The fraction of sp³-hybridized carbons (Fsp3) is 0.889. The molecular formula is C18H34O4. The minimum Gasteiger partial charge on any atom is -0.230 e. The molecule has 2 unspecified atom stereocenters. The van der Waals surface area contributed by atoms with Gasteiger partial charge in [-0.15, -0.1) is 5.92 Å². The monoisotopic (exact) mass is 314 g/mol. The fourth-order valence-electron chi connectivity index (χ4n) is 1.45. The first-order valence-corrected chi connectivity index (χ1v) is 8.04. The maximum atomic E-state index is 5.67. The topological polar surface area (TPSA) is 36.9 Å². The van der Waals surface area contributed by atoms with E-state index in [4.69, 9.17) is 19.6 Å². The molecule has 0 aromatic carbocycles. The molecule has 0 radical (unpaired) electrons. The molecule has 0 spiro atoms. The first kappa shape index (κ1) is 21.4. The molecule has 0 rings (SSSR count). The first-order chi connectivity index (χ1) is 9.91. The van der Waals surface area contributed by atoms with Crippen molar-refractivity contribution in [1.82, 2.24) is 0 Å². The maximum Gasteiger partial charge on any atom is 0.153 e. The molecule has 0 saturated heterocycles. The minimum atomic E-state index is -0.369. The quantitative estimate of drug-likeness (QED) is 0.365. The van der Waals surface area contributed by atoms with Crippen molar-refractivity contribution in [2.75, 3.05) is 0 Å². The second-order valence-corrected chi connectivity index (χ2v) is 7.80. The molecule has 0 amide bonds. The van der Waals surface area contributed by atoms with Crippen LogP contribution in [-0.4, -0.2) is 22.9 Å². The summed E-state index contributed by atoms with van der Waals surface area (Å²) in [5.74, 6) is 5.92. The van der Waals surface area contributed by atoms with Crippen molar-refractivity contribution in [3.63, 3.8) is 0 Å². The lowest BCUT2D eigenvalue weighted by Crippen LogP contribution is -2.34. The Morgan fingerprint density at radius 2 is 1.41 bits per heavy atom. The average molecular weight is 314 g/mol. The predicted octanol–water partition coefficient (Wildman–Crippen LogP) is 4.82. The Labute approximate surface area is 136 Å². The zero-order chi connectivity index (χ0) is 17.4. The van der Waals surface area contributed by atoms with E-state index >= 15 is 0 Å². The summed E-state index contributed by atoms with van der Waals surface area (Å²) in [6.45, 7) is 17.7. The summed E-state index contributed by atoms with van der Waals surface area (Å²) < 4.78 is 0. The van der Waals surface area contributed by atoms with Crippen LogP contribution in [0, 0.1) is 11.8 Å². The molecular weight excluding hydrogens is 280 g/mol. The summed E-state index contributed by atoms with van der Waals surface area (Å²) >= 11 is 0. The smallest absolute Gasteiger partial charge is 0.153 e. The molecule has 130 valence electrons. The molecule has 0 fully saturated rings. The Balaban J connectivity index is 4.54. The van der Waals surface area contributed by atoms with Gasteiger partial charge in [0.05, 0.1) is 11.2 Å². The van der Waals surface area contributed by atoms with E-state index in [1.54, 1.807) is 6.92 Å². The van der Waals surface area contributed by atoms with Crippen molar-refractivity contribution in [3.05, 3.63) is 0 Å². The zero-order valence-corrected chi connectivity index (χ0v) is 15.8. The van der Waals surface area contributed by atoms with Crippen molar-refractivity contribution in [3.8, 4) is 11.8 Å². The van der Waals surface area contributed by atoms with Crippen LogP contribution in [0.4, 0.5) is 0 Å². The van der Waals surface area contributed by atoms with E-state index in [1.807, 2.05) is 48.5 Å². The van der Waals surface area contributed by atoms with Crippen molar-refractivity contribution in [2.24, 2.45) is 0 Å². The molecule has 4 heteroatoms.